The maximum absolute atomic E-state index is 12.6. The van der Waals surface area contributed by atoms with E-state index in [1.807, 2.05) is 0 Å². The van der Waals surface area contributed by atoms with Crippen LogP contribution in [-0.4, -0.2) is 40.4 Å². The zero-order valence-electron chi connectivity index (χ0n) is 12.6. The standard InChI is InChI=1S/C16H29INO/c1-3-9-18(10-4-2)13-16(11-14(18)12-17)8-6-5-7-15(16)19/h14H,3-13H2,1-2H3/q+1. The fourth-order valence-electron chi connectivity index (χ4n) is 4.70. The average Bonchev–Trinajstić information content (AvgIpc) is 2.69. The van der Waals surface area contributed by atoms with Crippen molar-refractivity contribution in [1.82, 2.24) is 0 Å². The molecule has 2 aliphatic rings. The highest BCUT2D eigenvalue weighted by Crippen LogP contribution is 2.48. The van der Waals surface area contributed by atoms with Crippen molar-refractivity contribution in [2.75, 3.05) is 24.1 Å². The Labute approximate surface area is 132 Å². The Bertz CT molecular complexity index is 325. The summed E-state index contributed by atoms with van der Waals surface area (Å²) >= 11 is 2.55. The van der Waals surface area contributed by atoms with Crippen LogP contribution in [-0.2, 0) is 4.79 Å². The summed E-state index contributed by atoms with van der Waals surface area (Å²) in [6, 6.07) is 0.725. The van der Waals surface area contributed by atoms with Crippen molar-refractivity contribution in [2.45, 2.75) is 64.8 Å². The molecule has 2 atom stereocenters. The molecule has 0 amide bonds. The van der Waals surface area contributed by atoms with Gasteiger partial charge in [-0.1, -0.05) is 42.9 Å². The molecule has 1 heterocycles. The van der Waals surface area contributed by atoms with E-state index < -0.39 is 0 Å². The number of rotatable bonds is 5. The van der Waals surface area contributed by atoms with Gasteiger partial charge in [0.2, 0.25) is 0 Å². The summed E-state index contributed by atoms with van der Waals surface area (Å²) < 4.78 is 2.45. The molecular weight excluding hydrogens is 349 g/mol. The van der Waals surface area contributed by atoms with Crippen molar-refractivity contribution in [1.29, 1.82) is 0 Å². The topological polar surface area (TPSA) is 17.1 Å². The first-order valence-corrected chi connectivity index (χ1v) is 9.60. The first-order valence-electron chi connectivity index (χ1n) is 8.07. The first-order chi connectivity index (χ1) is 9.12. The lowest BCUT2D eigenvalue weighted by molar-refractivity contribution is -0.938. The second-order valence-corrected chi connectivity index (χ2v) is 7.63. The van der Waals surface area contributed by atoms with Gasteiger partial charge in [-0.25, -0.2) is 0 Å². The molecule has 0 N–H and O–H groups in total. The predicted molar refractivity (Wildman–Crippen MR) is 88.6 cm³/mol. The third-order valence-electron chi connectivity index (χ3n) is 5.44. The first kappa shape index (κ1) is 15.7. The van der Waals surface area contributed by atoms with Crippen LogP contribution in [0.5, 0.6) is 0 Å². The SMILES string of the molecule is CCC[N+]1(CCC)CC2(CCCCC2=O)CC1CI. The number of ketones is 1. The van der Waals surface area contributed by atoms with Crippen LogP contribution < -0.4 is 0 Å². The lowest BCUT2D eigenvalue weighted by atomic mass is 9.72. The highest BCUT2D eigenvalue weighted by Gasteiger charge is 2.57. The largest absolute Gasteiger partial charge is 0.320 e. The zero-order valence-corrected chi connectivity index (χ0v) is 14.7. The number of carbonyl (C=O) groups excluding carboxylic acids is 1. The van der Waals surface area contributed by atoms with Gasteiger partial charge in [-0.15, -0.1) is 0 Å². The number of nitrogens with zero attached hydrogens (tertiary/aromatic N) is 1. The fourth-order valence-corrected chi connectivity index (χ4v) is 5.85. The second kappa shape index (κ2) is 6.42. The van der Waals surface area contributed by atoms with Crippen molar-refractivity contribution in [3.63, 3.8) is 0 Å². The lowest BCUT2D eigenvalue weighted by Gasteiger charge is -2.41. The Morgan fingerprint density at radius 3 is 2.47 bits per heavy atom. The van der Waals surface area contributed by atoms with Gasteiger partial charge in [-0.3, -0.25) is 4.79 Å². The molecular formula is C16H29INO+. The number of quaternary nitrogens is 1. The maximum atomic E-state index is 12.6. The van der Waals surface area contributed by atoms with Crippen LogP contribution >= 0.6 is 22.6 Å². The molecule has 110 valence electrons. The molecule has 2 unspecified atom stereocenters. The molecule has 1 aliphatic carbocycles. The summed E-state index contributed by atoms with van der Waals surface area (Å²) in [5.74, 6) is 0.598. The van der Waals surface area contributed by atoms with Crippen LogP contribution in [0.3, 0.4) is 0 Å². The lowest BCUT2D eigenvalue weighted by Crippen LogP contribution is -2.54. The highest BCUT2D eigenvalue weighted by atomic mass is 127. The quantitative estimate of drug-likeness (QED) is 0.402. The van der Waals surface area contributed by atoms with Crippen molar-refractivity contribution in [3.8, 4) is 0 Å². The second-order valence-electron chi connectivity index (χ2n) is 6.75. The summed E-state index contributed by atoms with van der Waals surface area (Å²) in [7, 11) is 0. The molecule has 0 radical (unpaired) electrons. The molecule has 2 rings (SSSR count). The fraction of sp³-hybridized carbons (Fsp3) is 0.938. The molecule has 2 fully saturated rings. The van der Waals surface area contributed by atoms with Crippen LogP contribution in [0.2, 0.25) is 0 Å². The molecule has 1 saturated heterocycles. The van der Waals surface area contributed by atoms with E-state index in [0.29, 0.717) is 5.78 Å². The number of hydrogen-bond acceptors (Lipinski definition) is 1. The number of carbonyl (C=O) groups is 1. The zero-order chi connectivity index (χ0) is 13.9. The summed E-state index contributed by atoms with van der Waals surface area (Å²) in [6.07, 6.45) is 8.11. The highest BCUT2D eigenvalue weighted by molar-refractivity contribution is 14.1. The smallest absolute Gasteiger partial charge is 0.144 e. The summed E-state index contributed by atoms with van der Waals surface area (Å²) in [4.78, 5) is 12.6. The molecule has 0 aromatic carbocycles. The van der Waals surface area contributed by atoms with Crippen LogP contribution in [0.1, 0.15) is 58.8 Å². The van der Waals surface area contributed by atoms with E-state index in [1.54, 1.807) is 0 Å². The van der Waals surface area contributed by atoms with Gasteiger partial charge in [0.25, 0.3) is 0 Å². The van der Waals surface area contributed by atoms with Gasteiger partial charge in [-0.05, 0) is 25.7 Å². The summed E-state index contributed by atoms with van der Waals surface area (Å²) in [5, 5.41) is 0. The van der Waals surface area contributed by atoms with E-state index >= 15 is 0 Å². The Balaban J connectivity index is 2.26. The van der Waals surface area contributed by atoms with Crippen molar-refractivity contribution in [2.24, 2.45) is 5.41 Å². The minimum absolute atomic E-state index is 0.0679. The van der Waals surface area contributed by atoms with Gasteiger partial charge in [0, 0.05) is 12.8 Å². The predicted octanol–water partition coefficient (Wildman–Crippen LogP) is 3.96. The normalized spacial score (nSPS) is 34.1. The van der Waals surface area contributed by atoms with Gasteiger partial charge in [0.05, 0.1) is 35.5 Å². The Kier molecular flexibility index (Phi) is 5.32. The summed E-state index contributed by atoms with van der Waals surface area (Å²) in [5.41, 5.74) is 0.0679. The van der Waals surface area contributed by atoms with E-state index in [4.69, 9.17) is 0 Å². The molecule has 0 aromatic heterocycles. The molecule has 1 spiro atoms. The maximum Gasteiger partial charge on any atom is 0.144 e. The molecule has 19 heavy (non-hydrogen) atoms. The Hall–Kier alpha value is 0.360. The van der Waals surface area contributed by atoms with Gasteiger partial charge in [0.15, 0.2) is 0 Å². The molecule has 0 bridgehead atoms. The van der Waals surface area contributed by atoms with E-state index in [9.17, 15) is 4.79 Å². The Morgan fingerprint density at radius 2 is 1.95 bits per heavy atom. The van der Waals surface area contributed by atoms with Crippen molar-refractivity contribution >= 4 is 28.4 Å². The van der Waals surface area contributed by atoms with Gasteiger partial charge in [-0.2, -0.15) is 0 Å². The number of halogens is 1. The molecule has 2 nitrogen and oxygen atoms in total. The molecule has 1 saturated carbocycles. The van der Waals surface area contributed by atoms with Crippen LogP contribution in [0.15, 0.2) is 0 Å². The van der Waals surface area contributed by atoms with E-state index in [-0.39, 0.29) is 5.41 Å². The number of hydrogen-bond donors (Lipinski definition) is 0. The summed E-state index contributed by atoms with van der Waals surface area (Å²) in [6.45, 7) is 8.30. The number of Topliss-reactive ketones (excluding diaryl/α,β-unsaturated/α-hetero) is 1. The van der Waals surface area contributed by atoms with Crippen LogP contribution in [0, 0.1) is 5.41 Å². The number of alkyl halides is 1. The number of likely N-dealkylation sites (tertiary alicyclic amines) is 1. The Morgan fingerprint density at radius 1 is 1.26 bits per heavy atom. The van der Waals surface area contributed by atoms with E-state index in [1.165, 1.54) is 54.1 Å². The van der Waals surface area contributed by atoms with Gasteiger partial charge >= 0.3 is 0 Å². The minimum atomic E-state index is 0.0679. The molecule has 1 aliphatic heterocycles. The van der Waals surface area contributed by atoms with E-state index in [2.05, 4.69) is 36.4 Å². The van der Waals surface area contributed by atoms with Crippen molar-refractivity contribution < 1.29 is 9.28 Å². The minimum Gasteiger partial charge on any atom is -0.320 e. The molecule has 0 aromatic rings. The van der Waals surface area contributed by atoms with Crippen LogP contribution in [0.25, 0.3) is 0 Å². The monoisotopic (exact) mass is 378 g/mol. The van der Waals surface area contributed by atoms with Crippen molar-refractivity contribution in [3.05, 3.63) is 0 Å². The third kappa shape index (κ3) is 2.87. The molecule has 3 heteroatoms. The average molecular weight is 378 g/mol. The van der Waals surface area contributed by atoms with E-state index in [0.717, 1.165) is 25.4 Å². The van der Waals surface area contributed by atoms with Gasteiger partial charge in [0.1, 0.15) is 5.78 Å². The van der Waals surface area contributed by atoms with Crippen LogP contribution in [0.4, 0.5) is 0 Å². The van der Waals surface area contributed by atoms with Gasteiger partial charge < -0.3 is 4.48 Å². The third-order valence-corrected chi connectivity index (χ3v) is 6.45.